The molecule has 2 aromatic heterocycles. The van der Waals surface area contributed by atoms with Gasteiger partial charge in [-0.25, -0.2) is 9.97 Å². The van der Waals surface area contributed by atoms with E-state index in [4.69, 9.17) is 32.9 Å². The number of pyridine rings is 1. The van der Waals surface area contributed by atoms with Crippen molar-refractivity contribution in [1.82, 2.24) is 14.5 Å². The molecule has 1 unspecified atom stereocenters. The predicted molar refractivity (Wildman–Crippen MR) is 161 cm³/mol. The Morgan fingerprint density at radius 2 is 1.76 bits per heavy atom. The molecule has 0 bridgehead atoms. The lowest BCUT2D eigenvalue weighted by atomic mass is 9.86. The van der Waals surface area contributed by atoms with E-state index in [0.717, 1.165) is 5.56 Å². The van der Waals surface area contributed by atoms with Gasteiger partial charge in [0.05, 0.1) is 24.1 Å². The predicted octanol–water partition coefficient (Wildman–Crippen LogP) is 6.07. The summed E-state index contributed by atoms with van der Waals surface area (Å²) in [7, 11) is 5.36. The highest BCUT2D eigenvalue weighted by Gasteiger charge is 2.64. The van der Waals surface area contributed by atoms with Gasteiger partial charge in [0, 0.05) is 53.7 Å². The largest absolute Gasteiger partial charge is 0.496 e. The molecule has 2 aliphatic rings. The third-order valence-electron chi connectivity index (χ3n) is 7.64. The van der Waals surface area contributed by atoms with Crippen LogP contribution < -0.4 is 19.9 Å². The summed E-state index contributed by atoms with van der Waals surface area (Å²) in [6.07, 6.45) is 1.68. The number of amides is 2. The van der Waals surface area contributed by atoms with E-state index >= 15 is 0 Å². The molecule has 210 valence electrons. The van der Waals surface area contributed by atoms with Gasteiger partial charge >= 0.3 is 0 Å². The van der Waals surface area contributed by atoms with Crippen molar-refractivity contribution < 1.29 is 14.3 Å². The highest BCUT2D eigenvalue weighted by atomic mass is 35.5. The molecule has 6 rings (SSSR count). The van der Waals surface area contributed by atoms with Crippen LogP contribution in [0.3, 0.4) is 0 Å². The van der Waals surface area contributed by atoms with Crippen LogP contribution in [0.4, 0.5) is 17.2 Å². The smallest absolute Gasteiger partial charge is 0.280 e. The van der Waals surface area contributed by atoms with Gasteiger partial charge < -0.3 is 19.5 Å². The Morgan fingerprint density at radius 1 is 1.05 bits per heavy atom. The van der Waals surface area contributed by atoms with E-state index in [2.05, 4.69) is 10.3 Å². The molecule has 1 atom stereocenters. The Hall–Kier alpha value is -4.08. The molecule has 0 fully saturated rings. The molecule has 0 aliphatic carbocycles. The first-order valence-corrected chi connectivity index (χ1v) is 13.8. The van der Waals surface area contributed by atoms with E-state index in [0.29, 0.717) is 55.6 Å². The van der Waals surface area contributed by atoms with E-state index in [-0.39, 0.29) is 17.6 Å². The number of halogens is 2. The van der Waals surface area contributed by atoms with Crippen molar-refractivity contribution in [3.8, 4) is 17.1 Å². The molecule has 41 heavy (non-hydrogen) atoms. The number of fused-ring (bicyclic) bond motifs is 4. The van der Waals surface area contributed by atoms with Crippen molar-refractivity contribution in [2.45, 2.75) is 32.4 Å². The Kier molecular flexibility index (Phi) is 6.28. The number of methoxy groups -OCH3 is 1. The fourth-order valence-electron chi connectivity index (χ4n) is 5.83. The summed E-state index contributed by atoms with van der Waals surface area (Å²) in [6, 6.07) is 12.1. The topological polar surface area (TPSA) is 92.6 Å². The van der Waals surface area contributed by atoms with Crippen molar-refractivity contribution >= 4 is 52.2 Å². The molecule has 0 saturated heterocycles. The highest BCUT2D eigenvalue weighted by Crippen LogP contribution is 2.55. The van der Waals surface area contributed by atoms with Gasteiger partial charge in [0.15, 0.2) is 11.2 Å². The molecule has 0 saturated carbocycles. The summed E-state index contributed by atoms with van der Waals surface area (Å²) in [5.41, 5.74) is 2.09. The van der Waals surface area contributed by atoms with Crippen LogP contribution in [0.5, 0.6) is 5.75 Å². The maximum Gasteiger partial charge on any atom is 0.280 e. The lowest BCUT2D eigenvalue weighted by molar-refractivity contribution is -0.119. The van der Waals surface area contributed by atoms with E-state index < -0.39 is 11.4 Å². The van der Waals surface area contributed by atoms with Gasteiger partial charge in [-0.05, 0) is 50.6 Å². The number of aryl methyl sites for hydroxylation is 1. The Balaban J connectivity index is 1.72. The summed E-state index contributed by atoms with van der Waals surface area (Å²) in [4.78, 5) is 41.8. The third kappa shape index (κ3) is 3.75. The quantitative estimate of drug-likeness (QED) is 0.303. The number of rotatable bonds is 5. The number of hydrogen-bond donors (Lipinski definition) is 1. The molecule has 2 aromatic carbocycles. The summed E-state index contributed by atoms with van der Waals surface area (Å²) in [5.74, 6) is 0.923. The average Bonchev–Trinajstić information content (AvgIpc) is 3.53. The number of carbonyl (C=O) groups is 2. The molecular formula is C30H28Cl2N6O3. The van der Waals surface area contributed by atoms with Gasteiger partial charge in [0.25, 0.3) is 11.8 Å². The van der Waals surface area contributed by atoms with E-state index in [9.17, 15) is 9.59 Å². The molecule has 9 nitrogen and oxygen atoms in total. The summed E-state index contributed by atoms with van der Waals surface area (Å²) < 4.78 is 7.69. The first kappa shape index (κ1) is 27.1. The zero-order valence-corrected chi connectivity index (χ0v) is 24.9. The number of benzene rings is 2. The molecule has 2 aliphatic heterocycles. The fourth-order valence-corrected chi connectivity index (χ4v) is 6.17. The van der Waals surface area contributed by atoms with Crippen LogP contribution >= 0.6 is 23.2 Å². The van der Waals surface area contributed by atoms with Crippen LogP contribution in [0, 0.1) is 6.92 Å². The number of nitrogens with one attached hydrogen (secondary N) is 1. The zero-order chi connectivity index (χ0) is 29.4. The van der Waals surface area contributed by atoms with Crippen molar-refractivity contribution in [3.63, 3.8) is 0 Å². The van der Waals surface area contributed by atoms with Gasteiger partial charge in [-0.1, -0.05) is 35.3 Å². The zero-order valence-electron chi connectivity index (χ0n) is 23.4. The van der Waals surface area contributed by atoms with Crippen LogP contribution in [-0.4, -0.2) is 47.6 Å². The van der Waals surface area contributed by atoms with E-state index in [1.54, 1.807) is 43.6 Å². The van der Waals surface area contributed by atoms with Crippen molar-refractivity contribution in [1.29, 1.82) is 0 Å². The number of ether oxygens (including phenoxy) is 1. The van der Waals surface area contributed by atoms with Crippen LogP contribution in [0.15, 0.2) is 48.7 Å². The highest BCUT2D eigenvalue weighted by molar-refractivity contribution is 6.32. The Morgan fingerprint density at radius 3 is 2.44 bits per heavy atom. The van der Waals surface area contributed by atoms with Crippen LogP contribution in [0.2, 0.25) is 10.0 Å². The maximum absolute atomic E-state index is 14.5. The summed E-state index contributed by atoms with van der Waals surface area (Å²) in [6.45, 7) is 5.85. The fraction of sp³-hybridized carbons (Fsp3) is 0.267. The van der Waals surface area contributed by atoms with Gasteiger partial charge in [0.1, 0.15) is 17.4 Å². The molecular weight excluding hydrogens is 563 g/mol. The number of carbonyl (C=O) groups excluding carboxylic acids is 2. The van der Waals surface area contributed by atoms with E-state index in [1.807, 2.05) is 56.5 Å². The Bertz CT molecular complexity index is 1770. The van der Waals surface area contributed by atoms with Gasteiger partial charge in [-0.2, -0.15) is 0 Å². The van der Waals surface area contributed by atoms with Crippen LogP contribution in [0.25, 0.3) is 11.4 Å². The molecule has 4 aromatic rings. The van der Waals surface area contributed by atoms with Crippen LogP contribution in [0.1, 0.15) is 47.2 Å². The summed E-state index contributed by atoms with van der Waals surface area (Å²) >= 11 is 12.8. The monoisotopic (exact) mass is 590 g/mol. The summed E-state index contributed by atoms with van der Waals surface area (Å²) in [5, 5.41) is 3.90. The second kappa shape index (κ2) is 9.49. The minimum absolute atomic E-state index is 0.171. The number of anilines is 3. The molecule has 4 heterocycles. The van der Waals surface area contributed by atoms with Crippen molar-refractivity contribution in [2.75, 3.05) is 36.3 Å². The standard InChI is InChI=1S/C30H28Cl2N6O3/c1-15(2)37-26-25(35-27(37)19-14-33-24(36(4)5)13-23(19)41-6)28(39)38(22-12-18(32)8-7-16(22)3)30(26)20-10-9-17(31)11-21(20)34-29(30)40/h7-15H,1-6H3,(H,34,40). The van der Waals surface area contributed by atoms with E-state index in [1.165, 1.54) is 4.90 Å². The van der Waals surface area contributed by atoms with Gasteiger partial charge in [-0.3, -0.25) is 14.5 Å². The Labute approximate surface area is 247 Å². The number of aromatic nitrogens is 3. The van der Waals surface area contributed by atoms with Crippen molar-refractivity contribution in [3.05, 3.63) is 81.2 Å². The minimum Gasteiger partial charge on any atom is -0.496 e. The SMILES string of the molecule is COc1cc(N(C)C)ncc1-c1nc2c(n1C(C)C)C1(C(=O)Nc3cc(Cl)ccc31)N(c1cc(Cl)ccc1C)C2=O. The van der Waals surface area contributed by atoms with Crippen molar-refractivity contribution in [2.24, 2.45) is 0 Å². The molecule has 11 heteroatoms. The second-order valence-electron chi connectivity index (χ2n) is 10.7. The first-order valence-electron chi connectivity index (χ1n) is 13.1. The third-order valence-corrected chi connectivity index (χ3v) is 8.11. The molecule has 1 spiro atoms. The maximum atomic E-state index is 14.5. The molecule has 0 radical (unpaired) electrons. The second-order valence-corrected chi connectivity index (χ2v) is 11.5. The van der Waals surface area contributed by atoms with Gasteiger partial charge in [-0.15, -0.1) is 0 Å². The minimum atomic E-state index is -1.57. The number of imidazole rings is 1. The molecule has 2 amide bonds. The first-order chi connectivity index (χ1) is 19.5. The van der Waals surface area contributed by atoms with Gasteiger partial charge in [0.2, 0.25) is 0 Å². The normalized spacial score (nSPS) is 17.3. The number of hydrogen-bond acceptors (Lipinski definition) is 6. The lowest BCUT2D eigenvalue weighted by Gasteiger charge is -2.36. The lowest BCUT2D eigenvalue weighted by Crippen LogP contribution is -2.51. The van der Waals surface area contributed by atoms with Crippen LogP contribution in [-0.2, 0) is 10.3 Å². The molecule has 1 N–H and O–H groups in total. The number of nitrogens with zero attached hydrogens (tertiary/aromatic N) is 5. The average molecular weight is 591 g/mol.